The summed E-state index contributed by atoms with van der Waals surface area (Å²) in [6.45, 7) is 6.64. The number of carbonyl (C=O) groups is 1. The van der Waals surface area contributed by atoms with Crippen molar-refractivity contribution >= 4 is 11.5 Å². The number of piperazine rings is 1. The lowest BCUT2D eigenvalue weighted by atomic mass is 10.1. The van der Waals surface area contributed by atoms with Crippen LogP contribution in [-0.2, 0) is 13.2 Å². The smallest absolute Gasteiger partial charge is 0.163 e. The number of anilines is 1. The van der Waals surface area contributed by atoms with Crippen molar-refractivity contribution in [2.45, 2.75) is 20.1 Å². The molecule has 0 N–H and O–H groups in total. The number of ether oxygens (including phenoxy) is 2. The van der Waals surface area contributed by atoms with Gasteiger partial charge >= 0.3 is 0 Å². The number of rotatable bonds is 8. The maximum Gasteiger partial charge on any atom is 0.163 e. The van der Waals surface area contributed by atoms with Crippen LogP contribution >= 0.6 is 0 Å². The lowest BCUT2D eigenvalue weighted by molar-refractivity contribution is 0.101. The third-order valence-corrected chi connectivity index (χ3v) is 5.86. The van der Waals surface area contributed by atoms with Crippen molar-refractivity contribution < 1.29 is 14.3 Å². The van der Waals surface area contributed by atoms with Gasteiger partial charge in [-0.15, -0.1) is 0 Å². The van der Waals surface area contributed by atoms with E-state index in [-0.39, 0.29) is 5.78 Å². The zero-order valence-corrected chi connectivity index (χ0v) is 18.8. The first-order valence-corrected chi connectivity index (χ1v) is 11.0. The molecule has 4 rings (SSSR count). The van der Waals surface area contributed by atoms with Crippen LogP contribution < -0.4 is 14.4 Å². The summed E-state index contributed by atoms with van der Waals surface area (Å²) in [5.74, 6) is 1.27. The van der Waals surface area contributed by atoms with Gasteiger partial charge in [0.15, 0.2) is 5.78 Å². The molecule has 0 saturated carbocycles. The standard InChI is InChI=1S/C27H30N2O3/c1-21(30)24-17-27(31-2)25(18-26(24)32-20-23-11-7-4-8-12-23)29-15-13-28(14-16-29)19-22-9-5-3-6-10-22/h3-12,17-18H,13-16,19-20H2,1-2H3. The van der Waals surface area contributed by atoms with E-state index in [0.717, 1.165) is 44.0 Å². The van der Waals surface area contributed by atoms with Crippen LogP contribution in [0.5, 0.6) is 11.5 Å². The second kappa shape index (κ2) is 10.3. The Labute approximate surface area is 190 Å². The Morgan fingerprint density at radius 2 is 1.47 bits per heavy atom. The Morgan fingerprint density at radius 3 is 2.06 bits per heavy atom. The largest absolute Gasteiger partial charge is 0.495 e. The van der Waals surface area contributed by atoms with E-state index >= 15 is 0 Å². The number of hydrogen-bond donors (Lipinski definition) is 0. The normalized spacial score (nSPS) is 14.2. The molecule has 0 spiro atoms. The highest BCUT2D eigenvalue weighted by molar-refractivity contribution is 5.98. The van der Waals surface area contributed by atoms with Crippen molar-refractivity contribution in [3.63, 3.8) is 0 Å². The van der Waals surface area contributed by atoms with E-state index in [1.165, 1.54) is 5.56 Å². The Kier molecular flexibility index (Phi) is 7.07. The molecule has 0 bridgehead atoms. The number of hydrogen-bond acceptors (Lipinski definition) is 5. The van der Waals surface area contributed by atoms with Crippen LogP contribution in [-0.4, -0.2) is 44.0 Å². The van der Waals surface area contributed by atoms with E-state index in [9.17, 15) is 4.79 Å². The molecule has 0 atom stereocenters. The average molecular weight is 431 g/mol. The topological polar surface area (TPSA) is 42.0 Å². The van der Waals surface area contributed by atoms with Crippen LogP contribution in [0.1, 0.15) is 28.4 Å². The summed E-state index contributed by atoms with van der Waals surface area (Å²) >= 11 is 0. The van der Waals surface area contributed by atoms with Gasteiger partial charge in [0, 0.05) is 38.8 Å². The zero-order chi connectivity index (χ0) is 22.3. The molecule has 0 amide bonds. The Balaban J connectivity index is 1.50. The molecule has 0 aromatic heterocycles. The van der Waals surface area contributed by atoms with Crippen molar-refractivity contribution in [3.8, 4) is 11.5 Å². The molecule has 0 radical (unpaired) electrons. The summed E-state index contributed by atoms with van der Waals surface area (Å²) in [4.78, 5) is 17.1. The molecule has 1 aliphatic rings. The summed E-state index contributed by atoms with van der Waals surface area (Å²) in [6.07, 6.45) is 0. The summed E-state index contributed by atoms with van der Waals surface area (Å²) in [7, 11) is 1.65. The zero-order valence-electron chi connectivity index (χ0n) is 18.8. The molecule has 1 fully saturated rings. The van der Waals surface area contributed by atoms with Crippen molar-refractivity contribution in [2.75, 3.05) is 38.2 Å². The van der Waals surface area contributed by atoms with Gasteiger partial charge in [-0.3, -0.25) is 9.69 Å². The van der Waals surface area contributed by atoms with Crippen molar-refractivity contribution in [3.05, 3.63) is 89.5 Å². The van der Waals surface area contributed by atoms with E-state index in [0.29, 0.717) is 23.7 Å². The molecule has 3 aromatic rings. The minimum absolute atomic E-state index is 0.0365. The minimum atomic E-state index is -0.0365. The molecule has 1 saturated heterocycles. The fourth-order valence-corrected chi connectivity index (χ4v) is 4.08. The van der Waals surface area contributed by atoms with Gasteiger partial charge in [-0.2, -0.15) is 0 Å². The number of Topliss-reactive ketones (excluding diaryl/α,β-unsaturated/α-hetero) is 1. The first-order chi connectivity index (χ1) is 15.6. The van der Waals surface area contributed by atoms with Gasteiger partial charge in [0.2, 0.25) is 0 Å². The fourth-order valence-electron chi connectivity index (χ4n) is 4.08. The lowest BCUT2D eigenvalue weighted by Crippen LogP contribution is -2.46. The fraction of sp³-hybridized carbons (Fsp3) is 0.296. The maximum absolute atomic E-state index is 12.3. The van der Waals surface area contributed by atoms with E-state index < -0.39 is 0 Å². The summed E-state index contributed by atoms with van der Waals surface area (Å²) < 4.78 is 11.8. The molecule has 1 heterocycles. The monoisotopic (exact) mass is 430 g/mol. The number of nitrogens with zero attached hydrogens (tertiary/aromatic N) is 2. The van der Waals surface area contributed by atoms with Crippen LogP contribution in [0.15, 0.2) is 72.8 Å². The summed E-state index contributed by atoms with van der Waals surface area (Å²) in [6, 6.07) is 24.3. The highest BCUT2D eigenvalue weighted by atomic mass is 16.5. The molecule has 0 aliphatic carbocycles. The van der Waals surface area contributed by atoms with Gasteiger partial charge in [-0.1, -0.05) is 60.7 Å². The van der Waals surface area contributed by atoms with Crippen molar-refractivity contribution in [2.24, 2.45) is 0 Å². The van der Waals surface area contributed by atoms with Crippen LogP contribution in [0.4, 0.5) is 5.69 Å². The summed E-state index contributed by atoms with van der Waals surface area (Å²) in [5.41, 5.74) is 3.92. The van der Waals surface area contributed by atoms with Crippen LogP contribution in [0.25, 0.3) is 0 Å². The molecule has 3 aromatic carbocycles. The van der Waals surface area contributed by atoms with Crippen LogP contribution in [0, 0.1) is 0 Å². The molecule has 32 heavy (non-hydrogen) atoms. The molecule has 0 unspecified atom stereocenters. The van der Waals surface area contributed by atoms with Gasteiger partial charge < -0.3 is 14.4 Å². The Morgan fingerprint density at radius 1 is 0.844 bits per heavy atom. The first-order valence-electron chi connectivity index (χ1n) is 11.0. The quantitative estimate of drug-likeness (QED) is 0.480. The predicted octanol–water partition coefficient (Wildman–Crippen LogP) is 4.80. The van der Waals surface area contributed by atoms with Gasteiger partial charge in [-0.25, -0.2) is 0 Å². The molecular weight excluding hydrogens is 400 g/mol. The highest BCUT2D eigenvalue weighted by Crippen LogP contribution is 2.37. The second-order valence-electron chi connectivity index (χ2n) is 8.10. The van der Waals surface area contributed by atoms with Gasteiger partial charge in [0.05, 0.1) is 18.4 Å². The van der Waals surface area contributed by atoms with Crippen LogP contribution in [0.2, 0.25) is 0 Å². The van der Waals surface area contributed by atoms with Gasteiger partial charge in [0.25, 0.3) is 0 Å². The van der Waals surface area contributed by atoms with Gasteiger partial charge in [-0.05, 0) is 24.1 Å². The van der Waals surface area contributed by atoms with E-state index in [4.69, 9.17) is 9.47 Å². The lowest BCUT2D eigenvalue weighted by Gasteiger charge is -2.37. The number of ketones is 1. The number of carbonyl (C=O) groups excluding carboxylic acids is 1. The molecule has 5 heteroatoms. The van der Waals surface area contributed by atoms with Crippen molar-refractivity contribution in [1.29, 1.82) is 0 Å². The highest BCUT2D eigenvalue weighted by Gasteiger charge is 2.23. The SMILES string of the molecule is COc1cc(C(C)=O)c(OCc2ccccc2)cc1N1CCN(Cc2ccccc2)CC1. The third kappa shape index (κ3) is 5.29. The number of benzene rings is 3. The maximum atomic E-state index is 12.3. The number of methoxy groups -OCH3 is 1. The van der Waals surface area contributed by atoms with Crippen LogP contribution in [0.3, 0.4) is 0 Å². The predicted molar refractivity (Wildman–Crippen MR) is 128 cm³/mol. The molecule has 166 valence electrons. The Bertz CT molecular complexity index is 1030. The second-order valence-corrected chi connectivity index (χ2v) is 8.10. The first kappa shape index (κ1) is 21.9. The molecule has 5 nitrogen and oxygen atoms in total. The third-order valence-electron chi connectivity index (χ3n) is 5.86. The average Bonchev–Trinajstić information content (AvgIpc) is 2.84. The molecular formula is C27H30N2O3. The summed E-state index contributed by atoms with van der Waals surface area (Å²) in [5, 5.41) is 0. The molecule has 1 aliphatic heterocycles. The van der Waals surface area contributed by atoms with E-state index in [1.807, 2.05) is 42.5 Å². The van der Waals surface area contributed by atoms with Crippen molar-refractivity contribution in [1.82, 2.24) is 4.90 Å². The van der Waals surface area contributed by atoms with Gasteiger partial charge in [0.1, 0.15) is 18.1 Å². The minimum Gasteiger partial charge on any atom is -0.495 e. The Hall–Kier alpha value is -3.31. The van der Waals surface area contributed by atoms with E-state index in [2.05, 4.69) is 40.1 Å². The van der Waals surface area contributed by atoms with E-state index in [1.54, 1.807) is 14.0 Å².